The predicted molar refractivity (Wildman–Crippen MR) is 123 cm³/mol. The summed E-state index contributed by atoms with van der Waals surface area (Å²) >= 11 is 0. The first-order chi connectivity index (χ1) is 14.0. The van der Waals surface area contributed by atoms with Crippen LogP contribution in [0, 0.1) is 5.92 Å². The molecule has 0 bridgehead atoms. The normalized spacial score (nSPS) is 17.4. The lowest BCUT2D eigenvalue weighted by atomic mass is 9.90. The third-order valence-corrected chi connectivity index (χ3v) is 5.27. The second kappa shape index (κ2) is 12.2. The Morgan fingerprint density at radius 3 is 2.45 bits per heavy atom. The van der Waals surface area contributed by atoms with Crippen LogP contribution in [0.4, 0.5) is 0 Å². The Balaban J connectivity index is 1.93. The maximum atomic E-state index is 12.7. The Bertz CT molecular complexity index is 784. The minimum absolute atomic E-state index is 0.136. The summed E-state index contributed by atoms with van der Waals surface area (Å²) in [6, 6.07) is 8.13. The van der Waals surface area contributed by atoms with Crippen LogP contribution in [0.5, 0.6) is 0 Å². The highest BCUT2D eigenvalue weighted by molar-refractivity contribution is 5.98. The fourth-order valence-corrected chi connectivity index (χ4v) is 3.33. The molecule has 1 aromatic rings. The average Bonchev–Trinajstić information content (AvgIpc) is 2.77. The summed E-state index contributed by atoms with van der Waals surface area (Å²) in [7, 11) is 0. The molecule has 2 nitrogen and oxygen atoms in total. The zero-order valence-electron chi connectivity index (χ0n) is 18.1. The molecule has 1 aromatic carbocycles. The Morgan fingerprint density at radius 2 is 1.83 bits per heavy atom. The highest BCUT2D eigenvalue weighted by Gasteiger charge is 2.17. The number of benzene rings is 1. The lowest BCUT2D eigenvalue weighted by molar-refractivity contribution is 0.0853. The molecule has 0 saturated carbocycles. The second-order valence-corrected chi connectivity index (χ2v) is 7.53. The summed E-state index contributed by atoms with van der Waals surface area (Å²) in [4.78, 5) is 12.7. The van der Waals surface area contributed by atoms with Gasteiger partial charge in [-0.15, -0.1) is 0 Å². The van der Waals surface area contributed by atoms with Gasteiger partial charge in [0.25, 0.3) is 0 Å². The van der Waals surface area contributed by atoms with Gasteiger partial charge in [0, 0.05) is 24.7 Å². The highest BCUT2D eigenvalue weighted by Crippen LogP contribution is 2.27. The fourth-order valence-electron chi connectivity index (χ4n) is 3.33. The van der Waals surface area contributed by atoms with Crippen LogP contribution in [-0.4, -0.2) is 19.0 Å². The van der Waals surface area contributed by atoms with E-state index in [0.717, 1.165) is 49.2 Å². The maximum absolute atomic E-state index is 12.7. The van der Waals surface area contributed by atoms with Crippen molar-refractivity contribution in [3.8, 4) is 0 Å². The number of hydrogen-bond acceptors (Lipinski definition) is 2. The standard InChI is InChI=1S/C27H34O2/c1-5-7-8-23(6-2)12-10-21(3)9-11-22(4)27(28)26-15-13-24(14-16-26)25-17-19-29-20-18-25/h6-16,22,25H,3,5,17-20H2,1-2,4H3/b8-7-,11-9-,12-10+,23-6+. The molecule has 154 valence electrons. The molecule has 1 heterocycles. The van der Waals surface area contributed by atoms with Crippen molar-refractivity contribution in [2.24, 2.45) is 5.92 Å². The van der Waals surface area contributed by atoms with Crippen molar-refractivity contribution in [3.63, 3.8) is 0 Å². The first-order valence-electron chi connectivity index (χ1n) is 10.6. The van der Waals surface area contributed by atoms with Crippen molar-refractivity contribution < 1.29 is 9.53 Å². The molecule has 0 aromatic heterocycles. The van der Waals surface area contributed by atoms with Crippen LogP contribution in [0.2, 0.25) is 0 Å². The number of ketones is 1. The number of Topliss-reactive ketones (excluding diaryl/α,β-unsaturated/α-hetero) is 1. The Labute approximate surface area is 176 Å². The summed E-state index contributed by atoms with van der Waals surface area (Å²) in [5, 5.41) is 0. The van der Waals surface area contributed by atoms with E-state index in [0.29, 0.717) is 5.92 Å². The van der Waals surface area contributed by atoms with E-state index in [1.807, 2.05) is 50.3 Å². The van der Waals surface area contributed by atoms with E-state index in [4.69, 9.17) is 4.74 Å². The molecule has 2 heteroatoms. The number of carbonyl (C=O) groups excluding carboxylic acids is 1. The summed E-state index contributed by atoms with van der Waals surface area (Å²) in [6.07, 6.45) is 17.3. The van der Waals surface area contributed by atoms with Gasteiger partial charge < -0.3 is 4.74 Å². The largest absolute Gasteiger partial charge is 0.381 e. The van der Waals surface area contributed by atoms with Crippen LogP contribution >= 0.6 is 0 Å². The zero-order chi connectivity index (χ0) is 21.1. The number of ether oxygens (including phenoxy) is 1. The molecular weight excluding hydrogens is 356 g/mol. The van der Waals surface area contributed by atoms with E-state index in [1.54, 1.807) is 0 Å². The van der Waals surface area contributed by atoms with Crippen LogP contribution in [0.1, 0.15) is 61.9 Å². The van der Waals surface area contributed by atoms with Crippen molar-refractivity contribution in [2.75, 3.05) is 13.2 Å². The molecule has 1 atom stereocenters. The lowest BCUT2D eigenvalue weighted by Crippen LogP contribution is -2.14. The molecule has 1 saturated heterocycles. The molecular formula is C27H34O2. The van der Waals surface area contributed by atoms with Crippen molar-refractivity contribution in [2.45, 2.75) is 46.0 Å². The molecule has 29 heavy (non-hydrogen) atoms. The number of allylic oxidation sites excluding steroid dienone is 9. The summed E-state index contributed by atoms with van der Waals surface area (Å²) < 4.78 is 5.43. The monoisotopic (exact) mass is 390 g/mol. The lowest BCUT2D eigenvalue weighted by Gasteiger charge is -2.22. The van der Waals surface area contributed by atoms with Gasteiger partial charge in [0.2, 0.25) is 0 Å². The predicted octanol–water partition coefficient (Wildman–Crippen LogP) is 6.98. The van der Waals surface area contributed by atoms with Crippen molar-refractivity contribution in [3.05, 3.63) is 95.6 Å². The van der Waals surface area contributed by atoms with E-state index in [2.05, 4.69) is 43.9 Å². The Morgan fingerprint density at radius 1 is 1.14 bits per heavy atom. The molecule has 1 fully saturated rings. The molecule has 0 N–H and O–H groups in total. The average molecular weight is 391 g/mol. The first-order valence-corrected chi connectivity index (χ1v) is 10.6. The minimum atomic E-state index is -0.185. The molecule has 0 amide bonds. The Hall–Kier alpha value is -2.45. The van der Waals surface area contributed by atoms with E-state index in [9.17, 15) is 4.79 Å². The number of hydrogen-bond donors (Lipinski definition) is 0. The molecule has 1 aliphatic rings. The van der Waals surface area contributed by atoms with Gasteiger partial charge in [-0.05, 0) is 48.8 Å². The number of carbonyl (C=O) groups is 1. The van der Waals surface area contributed by atoms with Gasteiger partial charge in [-0.2, -0.15) is 0 Å². The van der Waals surface area contributed by atoms with Crippen LogP contribution in [0.15, 0.2) is 84.5 Å². The van der Waals surface area contributed by atoms with Crippen molar-refractivity contribution >= 4 is 5.78 Å². The van der Waals surface area contributed by atoms with Gasteiger partial charge in [-0.1, -0.05) is 87.2 Å². The molecule has 1 unspecified atom stereocenters. The van der Waals surface area contributed by atoms with E-state index in [-0.39, 0.29) is 11.7 Å². The summed E-state index contributed by atoms with van der Waals surface area (Å²) in [6.45, 7) is 11.8. The molecule has 2 rings (SSSR count). The summed E-state index contributed by atoms with van der Waals surface area (Å²) in [5.41, 5.74) is 4.10. The zero-order valence-corrected chi connectivity index (χ0v) is 18.1. The second-order valence-electron chi connectivity index (χ2n) is 7.53. The molecule has 0 spiro atoms. The van der Waals surface area contributed by atoms with Crippen LogP contribution in [0.25, 0.3) is 0 Å². The smallest absolute Gasteiger partial charge is 0.169 e. The highest BCUT2D eigenvalue weighted by atomic mass is 16.5. The van der Waals surface area contributed by atoms with Gasteiger partial charge >= 0.3 is 0 Å². The third kappa shape index (κ3) is 7.47. The van der Waals surface area contributed by atoms with Gasteiger partial charge in [0.1, 0.15) is 0 Å². The topological polar surface area (TPSA) is 26.3 Å². The number of rotatable bonds is 9. The molecule has 1 aliphatic heterocycles. The third-order valence-electron chi connectivity index (χ3n) is 5.27. The minimum Gasteiger partial charge on any atom is -0.381 e. The van der Waals surface area contributed by atoms with E-state index in [1.165, 1.54) is 5.56 Å². The quantitative estimate of drug-likeness (QED) is 0.336. The summed E-state index contributed by atoms with van der Waals surface area (Å²) in [5.74, 6) is 0.501. The maximum Gasteiger partial charge on any atom is 0.169 e. The molecule has 0 radical (unpaired) electrons. The van der Waals surface area contributed by atoms with Gasteiger partial charge in [-0.25, -0.2) is 0 Å². The molecule has 0 aliphatic carbocycles. The first kappa shape index (κ1) is 22.8. The van der Waals surface area contributed by atoms with Crippen molar-refractivity contribution in [1.29, 1.82) is 0 Å². The van der Waals surface area contributed by atoms with Crippen molar-refractivity contribution in [1.82, 2.24) is 0 Å². The Kier molecular flexibility index (Phi) is 9.59. The van der Waals surface area contributed by atoms with Crippen LogP contribution < -0.4 is 0 Å². The van der Waals surface area contributed by atoms with Gasteiger partial charge in [-0.3, -0.25) is 4.79 Å². The fraction of sp³-hybridized carbons (Fsp3) is 0.370. The van der Waals surface area contributed by atoms with E-state index >= 15 is 0 Å². The van der Waals surface area contributed by atoms with Crippen LogP contribution in [-0.2, 0) is 4.74 Å². The SMILES string of the molecule is C=C(/C=C\C(C)C(=O)c1ccc(C2CCOCC2)cc1)/C=C/C(/C=C\CC)=C/C. The van der Waals surface area contributed by atoms with Gasteiger partial charge in [0.15, 0.2) is 5.78 Å². The van der Waals surface area contributed by atoms with Crippen LogP contribution in [0.3, 0.4) is 0 Å². The van der Waals surface area contributed by atoms with Gasteiger partial charge in [0.05, 0.1) is 0 Å². The van der Waals surface area contributed by atoms with E-state index < -0.39 is 0 Å².